The first kappa shape index (κ1) is 57.5. The third-order valence-electron chi connectivity index (χ3n) is 13.4. The molecule has 8 rings (SSSR count). The maximum Gasteiger partial charge on any atom is 0.217 e. The number of nitrogens with zero attached hydrogens (tertiary/aromatic N) is 3. The Kier molecular flexibility index (Phi) is 22.3. The van der Waals surface area contributed by atoms with Crippen molar-refractivity contribution in [2.45, 2.75) is 145 Å². The molecule has 5 aromatic carbocycles. The molecule has 0 bridgehead atoms. The molecule has 5 aromatic rings. The van der Waals surface area contributed by atoms with Gasteiger partial charge in [-0.25, -0.2) is 0 Å². The number of hydrogen-bond donors (Lipinski definition) is 4. The molecular formula is C58H70N4O15. The summed E-state index contributed by atoms with van der Waals surface area (Å²) in [5, 5.41) is 41.0. The van der Waals surface area contributed by atoms with E-state index in [0.29, 0.717) is 6.42 Å². The molecule has 3 aliphatic heterocycles. The Morgan fingerprint density at radius 1 is 0.532 bits per heavy atom. The summed E-state index contributed by atoms with van der Waals surface area (Å²) in [5.41, 5.74) is 13.4. The molecule has 0 spiro atoms. The van der Waals surface area contributed by atoms with Crippen molar-refractivity contribution in [3.8, 4) is 0 Å². The van der Waals surface area contributed by atoms with Crippen LogP contribution < -0.4 is 5.32 Å². The standard InChI is InChI=1S/C58H70N4O15/c1-38-51(70-33-42-23-12-5-13-24-42)54(71-34-43-25-14-6-15-26-43)55(72-35-44-27-16-7-17-28-44)58(73-38)77-53-47(61-39(2)63)56(69-30-18-29-60-62-59)75-46(37-68-32-41-21-10-4-11-22-41)52(53)76-57-50(66)49(65)48(64)45(74-57)36-67-31-40-19-8-3-9-20-40/h3-17,19-28,38,45-58,64-66H,18,29-37H2,1-2H3,(H,61,63)/t38?,45?,46?,47?,48-,49?,50?,51+,52+,53?,54?,55?,56+,57-,58-/m0/s1. The van der Waals surface area contributed by atoms with E-state index in [1.54, 1.807) is 0 Å². The fourth-order valence-electron chi connectivity index (χ4n) is 9.46. The number of aliphatic hydroxyl groups excluding tert-OH is 3. The third-order valence-corrected chi connectivity index (χ3v) is 13.4. The first-order valence-corrected chi connectivity index (χ1v) is 26.1. The summed E-state index contributed by atoms with van der Waals surface area (Å²) in [6, 6.07) is 46.8. The summed E-state index contributed by atoms with van der Waals surface area (Å²) in [5.74, 6) is -0.483. The number of nitrogens with one attached hydrogen (secondary N) is 1. The first-order chi connectivity index (χ1) is 37.6. The number of hydrogen-bond acceptors (Lipinski definition) is 16. The number of azide groups is 1. The maximum absolute atomic E-state index is 13.4. The van der Waals surface area contributed by atoms with Crippen molar-refractivity contribution in [3.05, 3.63) is 190 Å². The second-order valence-corrected chi connectivity index (χ2v) is 19.2. The highest BCUT2D eigenvalue weighted by Gasteiger charge is 2.56. The lowest BCUT2D eigenvalue weighted by molar-refractivity contribution is -0.379. The van der Waals surface area contributed by atoms with E-state index in [0.717, 1.165) is 27.8 Å². The van der Waals surface area contributed by atoms with Gasteiger partial charge >= 0.3 is 0 Å². The summed E-state index contributed by atoms with van der Waals surface area (Å²) < 4.78 is 73.3. The highest BCUT2D eigenvalue weighted by molar-refractivity contribution is 5.73. The van der Waals surface area contributed by atoms with Crippen LogP contribution in [0.4, 0.5) is 0 Å². The lowest BCUT2D eigenvalue weighted by atomic mass is 9.94. The summed E-state index contributed by atoms with van der Waals surface area (Å²) in [7, 11) is 0. The van der Waals surface area contributed by atoms with E-state index in [-0.39, 0.29) is 59.4 Å². The smallest absolute Gasteiger partial charge is 0.217 e. The van der Waals surface area contributed by atoms with Crippen LogP contribution in [0.1, 0.15) is 48.1 Å². The van der Waals surface area contributed by atoms with Gasteiger partial charge in [0.25, 0.3) is 0 Å². The molecule has 3 saturated heterocycles. The molecule has 3 aliphatic rings. The topological polar surface area (TPSA) is 240 Å². The average molecular weight is 1060 g/mol. The molecule has 0 saturated carbocycles. The van der Waals surface area contributed by atoms with Crippen molar-refractivity contribution in [1.29, 1.82) is 0 Å². The molecule has 4 N–H and O–H groups in total. The van der Waals surface area contributed by atoms with E-state index in [4.69, 9.17) is 57.6 Å². The molecule has 9 unspecified atom stereocenters. The Bertz CT molecular complexity index is 2520. The predicted molar refractivity (Wildman–Crippen MR) is 279 cm³/mol. The van der Waals surface area contributed by atoms with E-state index < -0.39 is 98.0 Å². The van der Waals surface area contributed by atoms with E-state index in [1.807, 2.05) is 159 Å². The zero-order valence-corrected chi connectivity index (χ0v) is 43.2. The molecular weight excluding hydrogens is 993 g/mol. The lowest BCUT2D eigenvalue weighted by Crippen LogP contribution is -2.70. The van der Waals surface area contributed by atoms with Gasteiger partial charge in [0.15, 0.2) is 18.9 Å². The van der Waals surface area contributed by atoms with Crippen LogP contribution >= 0.6 is 0 Å². The number of benzene rings is 5. The number of rotatable bonds is 27. The fourth-order valence-corrected chi connectivity index (χ4v) is 9.46. The van der Waals surface area contributed by atoms with Gasteiger partial charge in [0.05, 0.1) is 52.4 Å². The van der Waals surface area contributed by atoms with Gasteiger partial charge in [0, 0.05) is 25.0 Å². The van der Waals surface area contributed by atoms with Gasteiger partial charge in [-0.3, -0.25) is 4.79 Å². The van der Waals surface area contributed by atoms with Crippen LogP contribution in [0.3, 0.4) is 0 Å². The van der Waals surface area contributed by atoms with E-state index in [9.17, 15) is 20.1 Å². The van der Waals surface area contributed by atoms with E-state index in [1.165, 1.54) is 6.92 Å². The van der Waals surface area contributed by atoms with Crippen LogP contribution in [0, 0.1) is 0 Å². The fraction of sp³-hybridized carbons (Fsp3) is 0.466. The second-order valence-electron chi connectivity index (χ2n) is 19.2. The normalized spacial score (nSPS) is 29.3. The molecule has 1 amide bonds. The summed E-state index contributed by atoms with van der Waals surface area (Å²) in [4.78, 5) is 16.3. The number of aliphatic hydroxyl groups is 3. The second kappa shape index (κ2) is 29.9. The molecule has 15 atom stereocenters. The highest BCUT2D eigenvalue weighted by atomic mass is 16.8. The molecule has 412 valence electrons. The van der Waals surface area contributed by atoms with Crippen LogP contribution in [0.5, 0.6) is 0 Å². The average Bonchev–Trinajstić information content (AvgIpc) is 3.48. The molecule has 3 heterocycles. The van der Waals surface area contributed by atoms with Crippen molar-refractivity contribution in [3.63, 3.8) is 0 Å². The molecule has 3 fully saturated rings. The van der Waals surface area contributed by atoms with Crippen molar-refractivity contribution in [2.24, 2.45) is 5.11 Å². The zero-order chi connectivity index (χ0) is 53.8. The lowest BCUT2D eigenvalue weighted by Gasteiger charge is -2.51. The molecule has 0 aliphatic carbocycles. The Morgan fingerprint density at radius 2 is 0.987 bits per heavy atom. The largest absolute Gasteiger partial charge is 0.387 e. The van der Waals surface area contributed by atoms with Crippen molar-refractivity contribution >= 4 is 5.91 Å². The van der Waals surface area contributed by atoms with Gasteiger partial charge in [0.2, 0.25) is 5.91 Å². The maximum atomic E-state index is 13.4. The molecule has 19 heteroatoms. The number of carbonyl (C=O) groups is 1. The number of ether oxygens (including phenoxy) is 11. The summed E-state index contributed by atoms with van der Waals surface area (Å²) >= 11 is 0. The van der Waals surface area contributed by atoms with Gasteiger partial charge in [-0.1, -0.05) is 157 Å². The summed E-state index contributed by atoms with van der Waals surface area (Å²) in [6.45, 7) is 3.84. The van der Waals surface area contributed by atoms with Crippen LogP contribution in [0.2, 0.25) is 0 Å². The Labute approximate surface area is 448 Å². The van der Waals surface area contributed by atoms with Gasteiger partial charge in [-0.05, 0) is 46.7 Å². The Morgan fingerprint density at radius 3 is 1.49 bits per heavy atom. The molecule has 0 radical (unpaired) electrons. The minimum atomic E-state index is -1.80. The van der Waals surface area contributed by atoms with E-state index in [2.05, 4.69) is 15.3 Å². The number of amides is 1. The SMILES string of the molecule is CC(=O)NC1C(O[C@@H]2OC(C)[C@@H](OCc3ccccc3)C(OCc3ccccc3)C2OCc2ccccc2)[C@H](O[C@@H]2OC(COCc3ccccc3)[C@H](O)C(O)C2O)C(COCc2ccccc2)O[C@H]1OCCCN=[N+]=[N-]. The molecule has 77 heavy (non-hydrogen) atoms. The number of carbonyl (C=O) groups excluding carboxylic acids is 1. The van der Waals surface area contributed by atoms with Crippen molar-refractivity contribution in [1.82, 2.24) is 5.32 Å². The first-order valence-electron chi connectivity index (χ1n) is 26.1. The van der Waals surface area contributed by atoms with Gasteiger partial charge in [-0.2, -0.15) is 0 Å². The quantitative estimate of drug-likeness (QED) is 0.0191. The van der Waals surface area contributed by atoms with Crippen LogP contribution in [-0.2, 0) is 89.9 Å². The minimum Gasteiger partial charge on any atom is -0.387 e. The summed E-state index contributed by atoms with van der Waals surface area (Å²) in [6.07, 6.45) is -17.2. The van der Waals surface area contributed by atoms with Crippen molar-refractivity contribution < 1.29 is 72.2 Å². The zero-order valence-electron chi connectivity index (χ0n) is 43.2. The Balaban J connectivity index is 1.17. The van der Waals surface area contributed by atoms with Gasteiger partial charge < -0.3 is 72.7 Å². The van der Waals surface area contributed by atoms with Crippen LogP contribution in [0.25, 0.3) is 10.4 Å². The Hall–Kier alpha value is -5.68. The minimum absolute atomic E-state index is 0.0322. The van der Waals surface area contributed by atoms with Crippen molar-refractivity contribution in [2.75, 3.05) is 26.4 Å². The third kappa shape index (κ3) is 16.7. The van der Waals surface area contributed by atoms with E-state index >= 15 is 0 Å². The monoisotopic (exact) mass is 1060 g/mol. The molecule has 0 aromatic heterocycles. The predicted octanol–water partition coefficient (Wildman–Crippen LogP) is 6.45. The molecule has 19 nitrogen and oxygen atoms in total. The van der Waals surface area contributed by atoms with Gasteiger partial charge in [0.1, 0.15) is 67.1 Å². The highest BCUT2D eigenvalue weighted by Crippen LogP contribution is 2.37. The van der Waals surface area contributed by atoms with Gasteiger partial charge in [-0.15, -0.1) is 0 Å². The van der Waals surface area contributed by atoms with Crippen LogP contribution in [0.15, 0.2) is 157 Å². The van der Waals surface area contributed by atoms with Crippen LogP contribution in [-0.4, -0.2) is 140 Å².